The normalized spacial score (nSPS) is 11.6. The SMILES string of the molecule is C[C@@H](OC(=O)Cc1ccccc1F)C(=O)Nc1ccc(Cl)cn1. The lowest BCUT2D eigenvalue weighted by Gasteiger charge is -2.13. The van der Waals surface area contributed by atoms with Crippen molar-refractivity contribution in [3.8, 4) is 0 Å². The van der Waals surface area contributed by atoms with Gasteiger partial charge in [-0.25, -0.2) is 9.37 Å². The Labute approximate surface area is 137 Å². The molecule has 120 valence electrons. The Bertz CT molecular complexity index is 707. The first kappa shape index (κ1) is 16.9. The van der Waals surface area contributed by atoms with Gasteiger partial charge >= 0.3 is 5.97 Å². The van der Waals surface area contributed by atoms with E-state index in [1.807, 2.05) is 0 Å². The second kappa shape index (κ2) is 7.69. The maximum atomic E-state index is 13.5. The van der Waals surface area contributed by atoms with Crippen LogP contribution < -0.4 is 5.32 Å². The minimum atomic E-state index is -1.04. The van der Waals surface area contributed by atoms with Crippen LogP contribution in [-0.4, -0.2) is 23.0 Å². The predicted octanol–water partition coefficient (Wildman–Crippen LogP) is 2.99. The van der Waals surface area contributed by atoms with E-state index in [1.165, 1.54) is 37.4 Å². The monoisotopic (exact) mass is 336 g/mol. The third kappa shape index (κ3) is 5.03. The van der Waals surface area contributed by atoms with E-state index in [1.54, 1.807) is 12.1 Å². The lowest BCUT2D eigenvalue weighted by atomic mass is 10.1. The van der Waals surface area contributed by atoms with Gasteiger partial charge in [0.25, 0.3) is 5.91 Å². The summed E-state index contributed by atoms with van der Waals surface area (Å²) in [7, 11) is 0. The Balaban J connectivity index is 1.89. The number of rotatable bonds is 5. The van der Waals surface area contributed by atoms with Crippen LogP contribution in [0, 0.1) is 5.82 Å². The number of benzene rings is 1. The van der Waals surface area contributed by atoms with Crippen molar-refractivity contribution in [1.82, 2.24) is 4.98 Å². The van der Waals surface area contributed by atoms with Crippen molar-refractivity contribution in [2.24, 2.45) is 0 Å². The molecule has 0 fully saturated rings. The number of pyridine rings is 1. The van der Waals surface area contributed by atoms with E-state index in [0.717, 1.165) is 0 Å². The first-order chi connectivity index (χ1) is 11.0. The Kier molecular flexibility index (Phi) is 5.65. The Morgan fingerprint density at radius 1 is 1.30 bits per heavy atom. The van der Waals surface area contributed by atoms with Crippen LogP contribution >= 0.6 is 11.6 Å². The highest BCUT2D eigenvalue weighted by Crippen LogP contribution is 2.11. The summed E-state index contributed by atoms with van der Waals surface area (Å²) in [4.78, 5) is 27.6. The van der Waals surface area contributed by atoms with Crippen LogP contribution in [0.15, 0.2) is 42.6 Å². The van der Waals surface area contributed by atoms with Gasteiger partial charge in [-0.05, 0) is 30.7 Å². The molecule has 0 unspecified atom stereocenters. The molecule has 1 aromatic heterocycles. The zero-order valence-corrected chi connectivity index (χ0v) is 13.0. The molecular weight excluding hydrogens is 323 g/mol. The minimum Gasteiger partial charge on any atom is -0.452 e. The lowest BCUT2D eigenvalue weighted by molar-refractivity contribution is -0.152. The molecule has 0 saturated heterocycles. The number of nitrogens with zero attached hydrogens (tertiary/aromatic N) is 1. The van der Waals surface area contributed by atoms with E-state index in [9.17, 15) is 14.0 Å². The van der Waals surface area contributed by atoms with Crippen molar-refractivity contribution in [2.75, 3.05) is 5.32 Å². The zero-order chi connectivity index (χ0) is 16.8. The molecule has 0 bridgehead atoms. The van der Waals surface area contributed by atoms with Gasteiger partial charge < -0.3 is 10.1 Å². The molecule has 0 aliphatic carbocycles. The van der Waals surface area contributed by atoms with Gasteiger partial charge in [0.2, 0.25) is 0 Å². The molecule has 1 amide bonds. The molecule has 7 heteroatoms. The van der Waals surface area contributed by atoms with Gasteiger partial charge in [-0.15, -0.1) is 0 Å². The number of carbonyl (C=O) groups is 2. The number of hydrogen-bond acceptors (Lipinski definition) is 4. The number of anilines is 1. The maximum absolute atomic E-state index is 13.5. The van der Waals surface area contributed by atoms with Crippen molar-refractivity contribution in [2.45, 2.75) is 19.4 Å². The van der Waals surface area contributed by atoms with E-state index >= 15 is 0 Å². The van der Waals surface area contributed by atoms with Crippen LogP contribution in [0.1, 0.15) is 12.5 Å². The number of halogens is 2. The minimum absolute atomic E-state index is 0.212. The topological polar surface area (TPSA) is 68.3 Å². The van der Waals surface area contributed by atoms with Crippen LogP contribution in [0.4, 0.5) is 10.2 Å². The summed E-state index contributed by atoms with van der Waals surface area (Å²) in [5.41, 5.74) is 0.212. The number of nitrogens with one attached hydrogen (secondary N) is 1. The maximum Gasteiger partial charge on any atom is 0.311 e. The molecule has 0 spiro atoms. The summed E-state index contributed by atoms with van der Waals surface area (Å²) in [6.07, 6.45) is 0.0990. The average Bonchev–Trinajstić information content (AvgIpc) is 2.51. The van der Waals surface area contributed by atoms with E-state index in [2.05, 4.69) is 10.3 Å². The first-order valence-electron chi connectivity index (χ1n) is 6.81. The van der Waals surface area contributed by atoms with Crippen molar-refractivity contribution in [3.05, 3.63) is 59.0 Å². The fourth-order valence-electron chi connectivity index (χ4n) is 1.77. The second-order valence-electron chi connectivity index (χ2n) is 4.75. The van der Waals surface area contributed by atoms with E-state index in [4.69, 9.17) is 16.3 Å². The summed E-state index contributed by atoms with van der Waals surface area (Å²) in [5.74, 6) is -1.44. The third-order valence-electron chi connectivity index (χ3n) is 2.95. The molecule has 0 radical (unpaired) electrons. The van der Waals surface area contributed by atoms with Crippen LogP contribution in [0.2, 0.25) is 5.02 Å². The molecule has 5 nitrogen and oxygen atoms in total. The summed E-state index contributed by atoms with van der Waals surface area (Å²) >= 11 is 5.69. The number of amides is 1. The van der Waals surface area contributed by atoms with Gasteiger partial charge in [0.15, 0.2) is 6.10 Å². The summed E-state index contributed by atoms with van der Waals surface area (Å²) < 4.78 is 18.5. The van der Waals surface area contributed by atoms with Gasteiger partial charge in [-0.1, -0.05) is 29.8 Å². The van der Waals surface area contributed by atoms with Crippen molar-refractivity contribution in [3.63, 3.8) is 0 Å². The number of aromatic nitrogens is 1. The standard InChI is InChI=1S/C16H14ClFN2O3/c1-10(16(22)20-14-7-6-12(17)9-19-14)23-15(21)8-11-4-2-3-5-13(11)18/h2-7,9-10H,8H2,1H3,(H,19,20,22)/t10-/m1/s1. The molecule has 0 aliphatic rings. The molecule has 1 atom stereocenters. The number of carbonyl (C=O) groups excluding carboxylic acids is 2. The summed E-state index contributed by atoms with van der Waals surface area (Å²) in [6, 6.07) is 8.98. The fraction of sp³-hybridized carbons (Fsp3) is 0.188. The molecule has 23 heavy (non-hydrogen) atoms. The van der Waals surface area contributed by atoms with Crippen LogP contribution in [0.5, 0.6) is 0 Å². The quantitative estimate of drug-likeness (QED) is 0.852. The third-order valence-corrected chi connectivity index (χ3v) is 3.17. The van der Waals surface area contributed by atoms with Gasteiger partial charge in [0, 0.05) is 6.20 Å². The average molecular weight is 337 g/mol. The molecule has 0 saturated carbocycles. The first-order valence-corrected chi connectivity index (χ1v) is 7.19. The van der Waals surface area contributed by atoms with Gasteiger partial charge in [0.05, 0.1) is 11.4 Å². The smallest absolute Gasteiger partial charge is 0.311 e. The Hall–Kier alpha value is -2.47. The van der Waals surface area contributed by atoms with Gasteiger partial charge in [0.1, 0.15) is 11.6 Å². The van der Waals surface area contributed by atoms with Gasteiger partial charge in [-0.2, -0.15) is 0 Å². The van der Waals surface area contributed by atoms with Crippen LogP contribution in [0.25, 0.3) is 0 Å². The second-order valence-corrected chi connectivity index (χ2v) is 5.19. The number of hydrogen-bond donors (Lipinski definition) is 1. The molecular formula is C16H14ClFN2O3. The molecule has 1 aromatic carbocycles. The van der Waals surface area contributed by atoms with Crippen LogP contribution in [0.3, 0.4) is 0 Å². The van der Waals surface area contributed by atoms with Gasteiger partial charge in [-0.3, -0.25) is 9.59 Å². The highest BCUT2D eigenvalue weighted by Gasteiger charge is 2.19. The largest absolute Gasteiger partial charge is 0.452 e. The molecule has 1 N–H and O–H groups in total. The molecule has 2 aromatic rings. The van der Waals surface area contributed by atoms with Crippen molar-refractivity contribution in [1.29, 1.82) is 0 Å². The Morgan fingerprint density at radius 2 is 2.04 bits per heavy atom. The highest BCUT2D eigenvalue weighted by atomic mass is 35.5. The predicted molar refractivity (Wildman–Crippen MR) is 83.5 cm³/mol. The van der Waals surface area contributed by atoms with E-state index in [-0.39, 0.29) is 17.8 Å². The molecule has 0 aliphatic heterocycles. The number of ether oxygens (including phenoxy) is 1. The molecule has 1 heterocycles. The van der Waals surface area contributed by atoms with E-state index < -0.39 is 23.8 Å². The lowest BCUT2D eigenvalue weighted by Crippen LogP contribution is -2.30. The number of esters is 1. The summed E-state index contributed by atoms with van der Waals surface area (Å²) in [6.45, 7) is 1.42. The Morgan fingerprint density at radius 3 is 2.70 bits per heavy atom. The summed E-state index contributed by atoms with van der Waals surface area (Å²) in [5, 5.41) is 2.93. The highest BCUT2D eigenvalue weighted by molar-refractivity contribution is 6.30. The van der Waals surface area contributed by atoms with Crippen LogP contribution in [-0.2, 0) is 20.7 Å². The van der Waals surface area contributed by atoms with Crippen molar-refractivity contribution < 1.29 is 18.7 Å². The van der Waals surface area contributed by atoms with E-state index in [0.29, 0.717) is 5.02 Å². The fourth-order valence-corrected chi connectivity index (χ4v) is 1.88. The molecule has 2 rings (SSSR count). The van der Waals surface area contributed by atoms with Crippen molar-refractivity contribution >= 4 is 29.3 Å². The zero-order valence-electron chi connectivity index (χ0n) is 12.3.